The number of likely N-dealkylation sites (N-methyl/N-ethyl adjacent to an activating group) is 1. The second-order valence-corrected chi connectivity index (χ2v) is 6.89. The Morgan fingerprint density at radius 2 is 1.65 bits per heavy atom. The minimum atomic E-state index is -0.300. The molecule has 0 aliphatic carbocycles. The highest BCUT2D eigenvalue weighted by Gasteiger charge is 2.29. The average Bonchev–Trinajstić information content (AvgIpc) is 2.68. The maximum absolute atomic E-state index is 12.8. The molecule has 2 unspecified atom stereocenters. The third kappa shape index (κ3) is 5.05. The molecule has 144 valence electrons. The smallest absolute Gasteiger partial charge is 0.236 e. The van der Waals surface area contributed by atoms with E-state index < -0.39 is 0 Å². The number of rotatable bonds is 7. The zero-order chi connectivity index (χ0) is 19.1. The van der Waals surface area contributed by atoms with Gasteiger partial charge in [-0.3, -0.25) is 14.5 Å². The first-order valence-corrected chi connectivity index (χ1v) is 9.57. The van der Waals surface area contributed by atoms with Gasteiger partial charge in [0.25, 0.3) is 0 Å². The highest BCUT2D eigenvalue weighted by molar-refractivity contribution is 5.80. The van der Waals surface area contributed by atoms with E-state index in [-0.39, 0.29) is 23.8 Å². The SMILES string of the molecule is CCN(CC)C(=O)CN1CCN(C(=O)C(C)C(N)c2ccccc2)CC1. The van der Waals surface area contributed by atoms with Crippen LogP contribution >= 0.6 is 0 Å². The van der Waals surface area contributed by atoms with Crippen molar-refractivity contribution >= 4 is 11.8 Å². The van der Waals surface area contributed by atoms with Crippen LogP contribution in [-0.2, 0) is 9.59 Å². The molecule has 26 heavy (non-hydrogen) atoms. The lowest BCUT2D eigenvalue weighted by atomic mass is 9.94. The number of nitrogens with zero attached hydrogens (tertiary/aromatic N) is 3. The minimum Gasteiger partial charge on any atom is -0.342 e. The van der Waals surface area contributed by atoms with Gasteiger partial charge in [-0.1, -0.05) is 37.3 Å². The third-order valence-electron chi connectivity index (χ3n) is 5.27. The summed E-state index contributed by atoms with van der Waals surface area (Å²) in [5, 5.41) is 0. The van der Waals surface area contributed by atoms with Crippen molar-refractivity contribution in [3.63, 3.8) is 0 Å². The van der Waals surface area contributed by atoms with Crippen molar-refractivity contribution in [1.82, 2.24) is 14.7 Å². The fraction of sp³-hybridized carbons (Fsp3) is 0.600. The Labute approximate surface area is 156 Å². The molecule has 1 aromatic carbocycles. The molecule has 0 spiro atoms. The molecular formula is C20H32N4O2. The number of piperazine rings is 1. The number of hydrogen-bond acceptors (Lipinski definition) is 4. The van der Waals surface area contributed by atoms with Crippen molar-refractivity contribution in [2.75, 3.05) is 45.8 Å². The Bertz CT molecular complexity index is 581. The second-order valence-electron chi connectivity index (χ2n) is 6.89. The molecule has 1 aliphatic rings. The van der Waals surface area contributed by atoms with E-state index in [0.717, 1.165) is 31.7 Å². The molecule has 0 aromatic heterocycles. The summed E-state index contributed by atoms with van der Waals surface area (Å²) in [6, 6.07) is 9.46. The molecule has 1 heterocycles. The molecule has 0 bridgehead atoms. The molecule has 1 fully saturated rings. The van der Waals surface area contributed by atoms with E-state index in [9.17, 15) is 9.59 Å². The molecule has 2 N–H and O–H groups in total. The van der Waals surface area contributed by atoms with Crippen LogP contribution in [0, 0.1) is 5.92 Å². The van der Waals surface area contributed by atoms with Crippen LogP contribution in [-0.4, -0.2) is 72.3 Å². The van der Waals surface area contributed by atoms with Gasteiger partial charge in [-0.15, -0.1) is 0 Å². The Kier molecular flexibility index (Phi) is 7.60. The third-order valence-corrected chi connectivity index (χ3v) is 5.27. The zero-order valence-electron chi connectivity index (χ0n) is 16.2. The maximum Gasteiger partial charge on any atom is 0.236 e. The topological polar surface area (TPSA) is 69.9 Å². The lowest BCUT2D eigenvalue weighted by Gasteiger charge is -2.37. The van der Waals surface area contributed by atoms with Gasteiger partial charge in [0.05, 0.1) is 12.5 Å². The maximum atomic E-state index is 12.8. The van der Waals surface area contributed by atoms with Gasteiger partial charge in [0.1, 0.15) is 0 Å². The lowest BCUT2D eigenvalue weighted by Crippen LogP contribution is -2.53. The molecule has 0 saturated carbocycles. The van der Waals surface area contributed by atoms with Gasteiger partial charge in [-0.05, 0) is 19.4 Å². The number of nitrogens with two attached hydrogens (primary N) is 1. The first-order valence-electron chi connectivity index (χ1n) is 9.57. The summed E-state index contributed by atoms with van der Waals surface area (Å²) in [6.07, 6.45) is 0. The monoisotopic (exact) mass is 360 g/mol. The zero-order valence-corrected chi connectivity index (χ0v) is 16.2. The number of amides is 2. The van der Waals surface area contributed by atoms with Crippen LogP contribution in [0.2, 0.25) is 0 Å². The van der Waals surface area contributed by atoms with E-state index in [2.05, 4.69) is 4.90 Å². The van der Waals surface area contributed by atoms with Gasteiger partial charge in [-0.2, -0.15) is 0 Å². The summed E-state index contributed by atoms with van der Waals surface area (Å²) < 4.78 is 0. The van der Waals surface area contributed by atoms with Crippen LogP contribution in [0.5, 0.6) is 0 Å². The summed E-state index contributed by atoms with van der Waals surface area (Å²) >= 11 is 0. The van der Waals surface area contributed by atoms with Crippen LogP contribution in [0.25, 0.3) is 0 Å². The Morgan fingerprint density at radius 1 is 1.08 bits per heavy atom. The lowest BCUT2D eigenvalue weighted by molar-refractivity contribution is -0.138. The predicted octanol–water partition coefficient (Wildman–Crippen LogP) is 1.34. The van der Waals surface area contributed by atoms with Crippen molar-refractivity contribution in [3.8, 4) is 0 Å². The summed E-state index contributed by atoms with van der Waals surface area (Å²) in [5.41, 5.74) is 7.28. The molecule has 6 nitrogen and oxygen atoms in total. The van der Waals surface area contributed by atoms with E-state index in [1.54, 1.807) is 0 Å². The fourth-order valence-corrected chi connectivity index (χ4v) is 3.40. The highest BCUT2D eigenvalue weighted by atomic mass is 16.2. The molecule has 1 aromatic rings. The number of carbonyl (C=O) groups is 2. The van der Waals surface area contributed by atoms with Gasteiger partial charge in [-0.25, -0.2) is 0 Å². The van der Waals surface area contributed by atoms with Crippen molar-refractivity contribution < 1.29 is 9.59 Å². The normalized spacial score (nSPS) is 17.6. The van der Waals surface area contributed by atoms with Gasteiger partial charge in [0.2, 0.25) is 11.8 Å². The summed E-state index contributed by atoms with van der Waals surface area (Å²) in [5.74, 6) is -0.00780. The summed E-state index contributed by atoms with van der Waals surface area (Å²) in [4.78, 5) is 30.9. The predicted molar refractivity (Wildman–Crippen MR) is 103 cm³/mol. The van der Waals surface area contributed by atoms with E-state index in [1.165, 1.54) is 0 Å². The van der Waals surface area contributed by atoms with E-state index in [4.69, 9.17) is 5.73 Å². The molecule has 2 amide bonds. The Balaban J connectivity index is 1.85. The largest absolute Gasteiger partial charge is 0.342 e. The molecule has 2 atom stereocenters. The Morgan fingerprint density at radius 3 is 2.19 bits per heavy atom. The number of benzene rings is 1. The van der Waals surface area contributed by atoms with Gasteiger partial charge in [0.15, 0.2) is 0 Å². The molecule has 2 rings (SSSR count). The van der Waals surface area contributed by atoms with Crippen molar-refractivity contribution in [2.24, 2.45) is 11.7 Å². The number of hydrogen-bond donors (Lipinski definition) is 1. The number of carbonyl (C=O) groups excluding carboxylic acids is 2. The molecule has 6 heteroatoms. The standard InChI is InChI=1S/C20H32N4O2/c1-4-23(5-2)18(25)15-22-11-13-24(14-12-22)20(26)16(3)19(21)17-9-7-6-8-10-17/h6-10,16,19H,4-5,11-15,21H2,1-3H3. The van der Waals surface area contributed by atoms with Crippen LogP contribution < -0.4 is 5.73 Å². The van der Waals surface area contributed by atoms with Crippen LogP contribution in [0.1, 0.15) is 32.4 Å². The summed E-state index contributed by atoms with van der Waals surface area (Å²) in [6.45, 7) is 10.6. The van der Waals surface area contributed by atoms with Crippen molar-refractivity contribution in [1.29, 1.82) is 0 Å². The van der Waals surface area contributed by atoms with Crippen LogP contribution in [0.3, 0.4) is 0 Å². The van der Waals surface area contributed by atoms with Gasteiger partial charge < -0.3 is 15.5 Å². The second kappa shape index (κ2) is 9.69. The van der Waals surface area contributed by atoms with Gasteiger partial charge in [0, 0.05) is 45.3 Å². The van der Waals surface area contributed by atoms with Crippen LogP contribution in [0.15, 0.2) is 30.3 Å². The Hall–Kier alpha value is -1.92. The average molecular weight is 361 g/mol. The molecular weight excluding hydrogens is 328 g/mol. The highest BCUT2D eigenvalue weighted by Crippen LogP contribution is 2.21. The molecule has 1 aliphatic heterocycles. The van der Waals surface area contributed by atoms with E-state index in [1.807, 2.05) is 60.9 Å². The van der Waals surface area contributed by atoms with E-state index >= 15 is 0 Å². The quantitative estimate of drug-likeness (QED) is 0.797. The van der Waals surface area contributed by atoms with Crippen molar-refractivity contribution in [3.05, 3.63) is 35.9 Å². The molecule has 1 saturated heterocycles. The summed E-state index contributed by atoms with van der Waals surface area (Å²) in [7, 11) is 0. The fourth-order valence-electron chi connectivity index (χ4n) is 3.40. The van der Waals surface area contributed by atoms with Crippen LogP contribution in [0.4, 0.5) is 0 Å². The molecule has 0 radical (unpaired) electrons. The van der Waals surface area contributed by atoms with E-state index in [0.29, 0.717) is 19.6 Å². The van der Waals surface area contributed by atoms with Crippen molar-refractivity contribution in [2.45, 2.75) is 26.8 Å². The van der Waals surface area contributed by atoms with Gasteiger partial charge >= 0.3 is 0 Å². The first-order chi connectivity index (χ1) is 12.5. The minimum absolute atomic E-state index is 0.0936. The first kappa shape index (κ1) is 20.4.